The van der Waals surface area contributed by atoms with Crippen molar-refractivity contribution in [3.8, 4) is 0 Å². The highest BCUT2D eigenvalue weighted by atomic mass is 16.4. The average molecular weight is 233 g/mol. The summed E-state index contributed by atoms with van der Waals surface area (Å²) < 4.78 is 1.71. The number of carbonyl (C=O) groups is 2. The lowest BCUT2D eigenvalue weighted by Gasteiger charge is -2.12. The third kappa shape index (κ3) is 2.10. The summed E-state index contributed by atoms with van der Waals surface area (Å²) in [6, 6.07) is 5.38. The molecule has 0 spiro atoms. The van der Waals surface area contributed by atoms with Crippen LogP contribution in [-0.4, -0.2) is 44.9 Å². The second kappa shape index (κ2) is 4.25. The number of carboxylic acids is 1. The first-order valence-corrected chi connectivity index (χ1v) is 4.98. The summed E-state index contributed by atoms with van der Waals surface area (Å²) in [6.07, 6.45) is 3.30. The Morgan fingerprint density at radius 2 is 2.24 bits per heavy atom. The lowest BCUT2D eigenvalue weighted by molar-refractivity contribution is -0.137. The van der Waals surface area contributed by atoms with E-state index in [-0.39, 0.29) is 12.2 Å². The van der Waals surface area contributed by atoms with Crippen LogP contribution < -0.4 is 0 Å². The molecule has 0 aliphatic rings. The van der Waals surface area contributed by atoms with Gasteiger partial charge in [0, 0.05) is 13.2 Å². The Bertz CT molecular complexity index is 576. The number of likely N-dealkylation sites (N-methyl/N-ethyl adjacent to an activating group) is 1. The highest BCUT2D eigenvalue weighted by Gasteiger charge is 2.18. The molecule has 0 fully saturated rings. The van der Waals surface area contributed by atoms with Gasteiger partial charge in [-0.1, -0.05) is 6.07 Å². The van der Waals surface area contributed by atoms with Gasteiger partial charge in [-0.3, -0.25) is 9.59 Å². The molecule has 0 saturated heterocycles. The summed E-state index contributed by atoms with van der Waals surface area (Å²) in [5.74, 6) is -1.45. The van der Waals surface area contributed by atoms with Gasteiger partial charge in [0.25, 0.3) is 5.91 Å². The molecule has 0 radical (unpaired) electrons. The van der Waals surface area contributed by atoms with Gasteiger partial charge in [-0.15, -0.1) is 0 Å². The van der Waals surface area contributed by atoms with E-state index >= 15 is 0 Å². The molecule has 17 heavy (non-hydrogen) atoms. The van der Waals surface area contributed by atoms with Crippen LogP contribution in [0.25, 0.3) is 5.52 Å². The molecule has 1 N–H and O–H groups in total. The fourth-order valence-electron chi connectivity index (χ4n) is 1.56. The number of aromatic nitrogens is 2. The van der Waals surface area contributed by atoms with Crippen LogP contribution in [0, 0.1) is 0 Å². The molecule has 0 aliphatic heterocycles. The van der Waals surface area contributed by atoms with E-state index in [0.29, 0.717) is 5.52 Å². The molecule has 2 heterocycles. The molecule has 2 rings (SSSR count). The Labute approximate surface area is 97.1 Å². The predicted octanol–water partition coefficient (Wildman–Crippen LogP) is 0.491. The number of amides is 1. The number of aliphatic carboxylic acids is 1. The first-order chi connectivity index (χ1) is 8.09. The molecule has 0 aliphatic carbocycles. The minimum Gasteiger partial charge on any atom is -0.480 e. The van der Waals surface area contributed by atoms with Gasteiger partial charge in [0.15, 0.2) is 5.69 Å². The summed E-state index contributed by atoms with van der Waals surface area (Å²) in [5, 5.41) is 8.62. The summed E-state index contributed by atoms with van der Waals surface area (Å²) in [6.45, 7) is -0.343. The standard InChI is InChI=1S/C11H11N3O3/c1-13(6-9(15)16)11(17)10-8-4-2-3-5-14(8)7-12-10/h2-5,7H,6H2,1H3,(H,15,16). The molecule has 0 unspecified atom stereocenters. The van der Waals surface area contributed by atoms with Crippen LogP contribution in [0.3, 0.4) is 0 Å². The largest absolute Gasteiger partial charge is 0.480 e. The monoisotopic (exact) mass is 233 g/mol. The number of pyridine rings is 1. The number of hydrogen-bond acceptors (Lipinski definition) is 3. The van der Waals surface area contributed by atoms with Gasteiger partial charge in [0.1, 0.15) is 12.9 Å². The van der Waals surface area contributed by atoms with E-state index in [1.165, 1.54) is 13.4 Å². The van der Waals surface area contributed by atoms with Gasteiger partial charge in [0.05, 0.1) is 5.52 Å². The summed E-state index contributed by atoms with van der Waals surface area (Å²) in [5.41, 5.74) is 0.920. The molecule has 1 amide bonds. The first-order valence-electron chi connectivity index (χ1n) is 4.98. The smallest absolute Gasteiger partial charge is 0.323 e. The highest BCUT2D eigenvalue weighted by Crippen LogP contribution is 2.10. The van der Waals surface area contributed by atoms with Crippen LogP contribution in [0.2, 0.25) is 0 Å². The van der Waals surface area contributed by atoms with Gasteiger partial charge in [-0.05, 0) is 12.1 Å². The van der Waals surface area contributed by atoms with E-state index in [1.807, 2.05) is 6.07 Å². The number of carbonyl (C=O) groups excluding carboxylic acids is 1. The van der Waals surface area contributed by atoms with Crippen LogP contribution in [-0.2, 0) is 4.79 Å². The van der Waals surface area contributed by atoms with E-state index in [2.05, 4.69) is 4.98 Å². The second-order valence-corrected chi connectivity index (χ2v) is 3.64. The van der Waals surface area contributed by atoms with Gasteiger partial charge < -0.3 is 14.4 Å². The summed E-state index contributed by atoms with van der Waals surface area (Å²) >= 11 is 0. The first kappa shape index (κ1) is 11.1. The Hall–Kier alpha value is -2.37. The minimum atomic E-state index is -1.05. The number of fused-ring (bicyclic) bond motifs is 1. The molecule has 0 bridgehead atoms. The molecule has 6 heteroatoms. The van der Waals surface area contributed by atoms with Crippen LogP contribution in [0.15, 0.2) is 30.7 Å². The van der Waals surface area contributed by atoms with Crippen molar-refractivity contribution in [3.63, 3.8) is 0 Å². The molecule has 2 aromatic rings. The molecule has 0 aromatic carbocycles. The van der Waals surface area contributed by atoms with E-state index < -0.39 is 11.9 Å². The van der Waals surface area contributed by atoms with Crippen LogP contribution >= 0.6 is 0 Å². The molecular formula is C11H11N3O3. The fourth-order valence-corrected chi connectivity index (χ4v) is 1.56. The lowest BCUT2D eigenvalue weighted by Crippen LogP contribution is -2.32. The number of nitrogens with zero attached hydrogens (tertiary/aromatic N) is 3. The number of rotatable bonds is 3. The summed E-state index contributed by atoms with van der Waals surface area (Å²) in [4.78, 5) is 27.6. The van der Waals surface area contributed by atoms with Crippen molar-refractivity contribution in [2.45, 2.75) is 0 Å². The van der Waals surface area contributed by atoms with E-state index in [9.17, 15) is 9.59 Å². The quantitative estimate of drug-likeness (QED) is 0.837. The predicted molar refractivity (Wildman–Crippen MR) is 59.8 cm³/mol. The number of imidazole rings is 1. The lowest BCUT2D eigenvalue weighted by atomic mass is 10.3. The van der Waals surface area contributed by atoms with E-state index in [4.69, 9.17) is 5.11 Å². The van der Waals surface area contributed by atoms with Crippen molar-refractivity contribution < 1.29 is 14.7 Å². The zero-order valence-electron chi connectivity index (χ0n) is 9.20. The van der Waals surface area contributed by atoms with Crippen LogP contribution in [0.1, 0.15) is 10.5 Å². The average Bonchev–Trinajstić information content (AvgIpc) is 2.70. The van der Waals surface area contributed by atoms with Crippen molar-refractivity contribution in [2.75, 3.05) is 13.6 Å². The Morgan fingerprint density at radius 1 is 1.47 bits per heavy atom. The topological polar surface area (TPSA) is 74.9 Å². The van der Waals surface area contributed by atoms with Crippen molar-refractivity contribution in [3.05, 3.63) is 36.4 Å². The maximum atomic E-state index is 11.9. The highest BCUT2D eigenvalue weighted by molar-refractivity contribution is 5.99. The van der Waals surface area contributed by atoms with Crippen molar-refractivity contribution >= 4 is 17.4 Å². The second-order valence-electron chi connectivity index (χ2n) is 3.64. The normalized spacial score (nSPS) is 10.4. The number of hydrogen-bond donors (Lipinski definition) is 1. The minimum absolute atomic E-state index is 0.259. The zero-order chi connectivity index (χ0) is 12.4. The Kier molecular flexibility index (Phi) is 2.78. The van der Waals surface area contributed by atoms with Gasteiger partial charge in [-0.2, -0.15) is 0 Å². The SMILES string of the molecule is CN(CC(=O)O)C(=O)c1ncn2ccccc12. The Balaban J connectivity index is 2.33. The maximum Gasteiger partial charge on any atom is 0.323 e. The van der Waals surface area contributed by atoms with Crippen LogP contribution in [0.5, 0.6) is 0 Å². The zero-order valence-corrected chi connectivity index (χ0v) is 9.20. The third-order valence-electron chi connectivity index (χ3n) is 2.37. The van der Waals surface area contributed by atoms with Crippen molar-refractivity contribution in [1.29, 1.82) is 0 Å². The molecular weight excluding hydrogens is 222 g/mol. The van der Waals surface area contributed by atoms with E-state index in [1.54, 1.807) is 22.7 Å². The van der Waals surface area contributed by atoms with Gasteiger partial charge in [0.2, 0.25) is 0 Å². The summed E-state index contributed by atoms with van der Waals surface area (Å²) in [7, 11) is 1.44. The molecule has 6 nitrogen and oxygen atoms in total. The molecule has 0 atom stereocenters. The molecule has 0 saturated carbocycles. The third-order valence-corrected chi connectivity index (χ3v) is 2.37. The van der Waals surface area contributed by atoms with Crippen molar-refractivity contribution in [2.24, 2.45) is 0 Å². The fraction of sp³-hybridized carbons (Fsp3) is 0.182. The number of carboxylic acid groups (broad SMARTS) is 1. The van der Waals surface area contributed by atoms with Crippen molar-refractivity contribution in [1.82, 2.24) is 14.3 Å². The van der Waals surface area contributed by atoms with Gasteiger partial charge >= 0.3 is 5.97 Å². The Morgan fingerprint density at radius 3 is 2.94 bits per heavy atom. The van der Waals surface area contributed by atoms with Crippen LogP contribution in [0.4, 0.5) is 0 Å². The van der Waals surface area contributed by atoms with Gasteiger partial charge in [-0.25, -0.2) is 4.98 Å². The van der Waals surface area contributed by atoms with E-state index in [0.717, 1.165) is 4.90 Å². The molecule has 2 aromatic heterocycles. The molecule has 88 valence electrons. The maximum absolute atomic E-state index is 11.9.